The molecule has 7 nitrogen and oxygen atoms in total. The molecule has 2 rings (SSSR count). The Bertz CT molecular complexity index is 532. The number of rotatable bonds is 5. The first-order valence-electron chi connectivity index (χ1n) is 7.64. The molecule has 1 atom stereocenters. The van der Waals surface area contributed by atoms with E-state index < -0.39 is 0 Å². The number of amides is 2. The highest BCUT2D eigenvalue weighted by Crippen LogP contribution is 2.14. The van der Waals surface area contributed by atoms with Crippen LogP contribution in [-0.4, -0.2) is 61.0 Å². The number of esters is 1. The normalized spacial score (nSPS) is 17.7. The number of benzene rings is 1. The summed E-state index contributed by atoms with van der Waals surface area (Å²) in [4.78, 5) is 25.2. The minimum atomic E-state index is -0.327. The number of carbonyl (C=O) groups is 2. The van der Waals surface area contributed by atoms with E-state index in [9.17, 15) is 14.7 Å². The Balaban J connectivity index is 1.92. The van der Waals surface area contributed by atoms with E-state index in [1.807, 2.05) is 0 Å². The Morgan fingerprint density at radius 2 is 2.13 bits per heavy atom. The van der Waals surface area contributed by atoms with Crippen LogP contribution in [0.25, 0.3) is 0 Å². The number of hydrogen-bond donors (Lipinski definition) is 2. The van der Waals surface area contributed by atoms with Crippen LogP contribution in [-0.2, 0) is 20.7 Å². The molecule has 1 aliphatic rings. The summed E-state index contributed by atoms with van der Waals surface area (Å²) in [5.41, 5.74) is 1.45. The molecule has 0 unspecified atom stereocenters. The standard InChI is InChI=1S/C16H22N2O5/c1-2-23-15(20)9-12-3-5-13(6-4-12)17-16(21)18-7-8-22-11-14(18)10-19/h3-6,14,19H,2,7-11H2,1H3,(H,17,21)/t14-/m1/s1. The summed E-state index contributed by atoms with van der Waals surface area (Å²) in [5.74, 6) is -0.275. The van der Waals surface area contributed by atoms with Crippen LogP contribution >= 0.6 is 0 Å². The van der Waals surface area contributed by atoms with Crippen molar-refractivity contribution in [3.63, 3.8) is 0 Å². The number of nitrogens with zero attached hydrogens (tertiary/aromatic N) is 1. The predicted octanol–water partition coefficient (Wildman–Crippen LogP) is 1.02. The highest BCUT2D eigenvalue weighted by molar-refractivity contribution is 5.89. The van der Waals surface area contributed by atoms with Crippen molar-refractivity contribution < 1.29 is 24.2 Å². The first-order valence-corrected chi connectivity index (χ1v) is 7.64. The van der Waals surface area contributed by atoms with Gasteiger partial charge in [-0.25, -0.2) is 4.79 Å². The lowest BCUT2D eigenvalue weighted by molar-refractivity contribution is -0.142. The van der Waals surface area contributed by atoms with E-state index in [0.29, 0.717) is 32.1 Å². The SMILES string of the molecule is CCOC(=O)Cc1ccc(NC(=O)N2CCOC[C@H]2CO)cc1. The van der Waals surface area contributed by atoms with Crippen LogP contribution in [0, 0.1) is 0 Å². The van der Waals surface area contributed by atoms with E-state index in [0.717, 1.165) is 5.56 Å². The Labute approximate surface area is 135 Å². The molecule has 1 heterocycles. The second kappa shape index (κ2) is 8.50. The molecule has 0 saturated carbocycles. The highest BCUT2D eigenvalue weighted by Gasteiger charge is 2.26. The van der Waals surface area contributed by atoms with Gasteiger partial charge in [0.2, 0.25) is 0 Å². The first-order chi connectivity index (χ1) is 11.1. The van der Waals surface area contributed by atoms with Gasteiger partial charge >= 0.3 is 12.0 Å². The molecule has 2 amide bonds. The fourth-order valence-corrected chi connectivity index (χ4v) is 2.35. The van der Waals surface area contributed by atoms with Gasteiger partial charge in [-0.1, -0.05) is 12.1 Å². The van der Waals surface area contributed by atoms with Crippen LogP contribution in [0.1, 0.15) is 12.5 Å². The maximum absolute atomic E-state index is 12.3. The van der Waals surface area contributed by atoms with Crippen LogP contribution in [0.4, 0.5) is 10.5 Å². The maximum atomic E-state index is 12.3. The second-order valence-corrected chi connectivity index (χ2v) is 5.21. The average Bonchev–Trinajstić information content (AvgIpc) is 2.56. The summed E-state index contributed by atoms with van der Waals surface area (Å²) in [5, 5.41) is 12.1. The van der Waals surface area contributed by atoms with Crippen molar-refractivity contribution >= 4 is 17.7 Å². The fraction of sp³-hybridized carbons (Fsp3) is 0.500. The third kappa shape index (κ3) is 4.94. The number of hydrogen-bond acceptors (Lipinski definition) is 5. The lowest BCUT2D eigenvalue weighted by atomic mass is 10.1. The largest absolute Gasteiger partial charge is 0.466 e. The van der Waals surface area contributed by atoms with Crippen LogP contribution in [0.5, 0.6) is 0 Å². The molecular weight excluding hydrogens is 300 g/mol. The van der Waals surface area contributed by atoms with Gasteiger partial charge in [0.1, 0.15) is 0 Å². The van der Waals surface area contributed by atoms with Gasteiger partial charge in [0.05, 0.1) is 38.9 Å². The molecule has 0 aliphatic carbocycles. The van der Waals surface area contributed by atoms with Gasteiger partial charge < -0.3 is 24.8 Å². The number of morpholine rings is 1. The summed E-state index contributed by atoms with van der Waals surface area (Å²) in [7, 11) is 0. The Morgan fingerprint density at radius 3 is 2.78 bits per heavy atom. The van der Waals surface area contributed by atoms with Crippen molar-refractivity contribution in [1.29, 1.82) is 0 Å². The number of nitrogens with one attached hydrogen (secondary N) is 1. The zero-order valence-corrected chi connectivity index (χ0v) is 13.2. The van der Waals surface area contributed by atoms with E-state index in [1.165, 1.54) is 0 Å². The van der Waals surface area contributed by atoms with Gasteiger partial charge in [-0.2, -0.15) is 0 Å². The summed E-state index contributed by atoms with van der Waals surface area (Å²) in [6.45, 7) is 3.23. The lowest BCUT2D eigenvalue weighted by Gasteiger charge is -2.34. The molecule has 1 aromatic rings. The highest BCUT2D eigenvalue weighted by atomic mass is 16.5. The van der Waals surface area contributed by atoms with Gasteiger partial charge in [0.25, 0.3) is 0 Å². The molecule has 1 aromatic carbocycles. The van der Waals surface area contributed by atoms with Crippen molar-refractivity contribution in [2.45, 2.75) is 19.4 Å². The first kappa shape index (κ1) is 17.2. The molecule has 0 radical (unpaired) electrons. The van der Waals surface area contributed by atoms with Crippen molar-refractivity contribution in [2.75, 3.05) is 38.3 Å². The molecule has 0 bridgehead atoms. The van der Waals surface area contributed by atoms with Crippen molar-refractivity contribution in [1.82, 2.24) is 4.90 Å². The number of aliphatic hydroxyl groups is 1. The molecule has 0 spiro atoms. The predicted molar refractivity (Wildman–Crippen MR) is 84.2 cm³/mol. The molecule has 1 aliphatic heterocycles. The number of aliphatic hydroxyl groups excluding tert-OH is 1. The van der Waals surface area contributed by atoms with Gasteiger partial charge in [-0.3, -0.25) is 4.79 Å². The van der Waals surface area contributed by atoms with Crippen LogP contribution in [0.2, 0.25) is 0 Å². The van der Waals surface area contributed by atoms with Crippen LogP contribution in [0.3, 0.4) is 0 Å². The van der Waals surface area contributed by atoms with Crippen LogP contribution in [0.15, 0.2) is 24.3 Å². The van der Waals surface area contributed by atoms with Crippen LogP contribution < -0.4 is 5.32 Å². The molecule has 1 fully saturated rings. The maximum Gasteiger partial charge on any atom is 0.322 e. The third-order valence-corrected chi connectivity index (χ3v) is 3.56. The minimum Gasteiger partial charge on any atom is -0.466 e. The van der Waals surface area contributed by atoms with Gasteiger partial charge in [-0.05, 0) is 24.6 Å². The third-order valence-electron chi connectivity index (χ3n) is 3.56. The molecule has 7 heteroatoms. The van der Waals surface area contributed by atoms with E-state index in [1.54, 1.807) is 36.1 Å². The zero-order chi connectivity index (χ0) is 16.7. The molecular formula is C16H22N2O5. The van der Waals surface area contributed by atoms with Gasteiger partial charge in [0.15, 0.2) is 0 Å². The number of urea groups is 1. The number of ether oxygens (including phenoxy) is 2. The molecule has 23 heavy (non-hydrogen) atoms. The second-order valence-electron chi connectivity index (χ2n) is 5.21. The monoisotopic (exact) mass is 322 g/mol. The molecule has 0 aromatic heterocycles. The fourth-order valence-electron chi connectivity index (χ4n) is 2.35. The number of carbonyl (C=O) groups excluding carboxylic acids is 2. The Kier molecular flexibility index (Phi) is 6.37. The van der Waals surface area contributed by atoms with Crippen molar-refractivity contribution in [2.24, 2.45) is 0 Å². The summed E-state index contributed by atoms with van der Waals surface area (Å²) in [6, 6.07) is 6.42. The van der Waals surface area contributed by atoms with Crippen molar-refractivity contribution in [3.05, 3.63) is 29.8 Å². The summed E-state index contributed by atoms with van der Waals surface area (Å²) >= 11 is 0. The van der Waals surface area contributed by atoms with Crippen molar-refractivity contribution in [3.8, 4) is 0 Å². The van der Waals surface area contributed by atoms with E-state index in [-0.39, 0.29) is 31.1 Å². The number of anilines is 1. The average molecular weight is 322 g/mol. The molecule has 1 saturated heterocycles. The zero-order valence-electron chi connectivity index (χ0n) is 13.2. The van der Waals surface area contributed by atoms with Gasteiger partial charge in [0, 0.05) is 12.2 Å². The summed E-state index contributed by atoms with van der Waals surface area (Å²) < 4.78 is 10.1. The molecule has 2 N–H and O–H groups in total. The van der Waals surface area contributed by atoms with E-state index >= 15 is 0 Å². The van der Waals surface area contributed by atoms with E-state index in [4.69, 9.17) is 9.47 Å². The van der Waals surface area contributed by atoms with E-state index in [2.05, 4.69) is 5.32 Å². The Morgan fingerprint density at radius 1 is 1.39 bits per heavy atom. The summed E-state index contributed by atoms with van der Waals surface area (Å²) in [6.07, 6.45) is 0.206. The topological polar surface area (TPSA) is 88.1 Å². The smallest absolute Gasteiger partial charge is 0.322 e. The molecule has 126 valence electrons. The lowest BCUT2D eigenvalue weighted by Crippen LogP contribution is -2.52. The quantitative estimate of drug-likeness (QED) is 0.790. The van der Waals surface area contributed by atoms with Gasteiger partial charge in [-0.15, -0.1) is 0 Å². The minimum absolute atomic E-state index is 0.133. The Hall–Kier alpha value is -2.12.